The second kappa shape index (κ2) is 14.3. The Bertz CT molecular complexity index is 1900. The molecule has 2 unspecified atom stereocenters. The van der Waals surface area contributed by atoms with Gasteiger partial charge in [-0.3, -0.25) is 0 Å². The molecule has 0 aliphatic carbocycles. The first-order chi connectivity index (χ1) is 22.5. The van der Waals surface area contributed by atoms with Crippen molar-refractivity contribution in [2.45, 2.75) is 16.7 Å². The highest BCUT2D eigenvalue weighted by Gasteiger charge is 2.20. The lowest BCUT2D eigenvalue weighted by Gasteiger charge is -2.18. The lowest BCUT2D eigenvalue weighted by atomic mass is 9.97. The molecule has 230 valence electrons. The van der Waals surface area contributed by atoms with Gasteiger partial charge in [0.1, 0.15) is 28.7 Å². The molecule has 6 nitrogen and oxygen atoms in total. The second-order valence-electron chi connectivity index (χ2n) is 10.3. The first-order valence-electron chi connectivity index (χ1n) is 14.4. The molecule has 0 aliphatic heterocycles. The average molecular weight is 647 g/mol. The van der Waals surface area contributed by atoms with E-state index in [4.69, 9.17) is 17.8 Å². The van der Waals surface area contributed by atoms with E-state index in [1.54, 1.807) is 67.8 Å². The van der Waals surface area contributed by atoms with Crippen molar-refractivity contribution in [1.82, 2.24) is 0 Å². The lowest BCUT2D eigenvalue weighted by molar-refractivity contribution is 0.414. The monoisotopic (exact) mass is 646 g/mol. The van der Waals surface area contributed by atoms with E-state index in [-0.39, 0.29) is 0 Å². The maximum atomic E-state index is 13.6. The van der Waals surface area contributed by atoms with Gasteiger partial charge >= 0.3 is 0 Å². The molecule has 0 aromatic heterocycles. The molecule has 0 saturated carbocycles. The standard InChI is InChI=1S/C38H30O6S2/c1-27-13-15-32(16-14-27)44-46(40)35-25-36(28-9-5-3-6-10-28)38(37(26-35)29-11-7-4-8-12-29)42-31-17-19-33(20-18-31)43-45(39)34-23-21-30(41-2)22-24-34/h3-26H,1-2H3. The van der Waals surface area contributed by atoms with Crippen molar-refractivity contribution in [3.63, 3.8) is 0 Å². The van der Waals surface area contributed by atoms with E-state index in [2.05, 4.69) is 0 Å². The van der Waals surface area contributed by atoms with Gasteiger partial charge in [-0.2, -0.15) is 0 Å². The normalized spacial score (nSPS) is 12.1. The highest BCUT2D eigenvalue weighted by atomic mass is 32.2. The molecule has 8 heteroatoms. The summed E-state index contributed by atoms with van der Waals surface area (Å²) in [5, 5.41) is 0. The van der Waals surface area contributed by atoms with Crippen LogP contribution in [0.1, 0.15) is 5.56 Å². The summed E-state index contributed by atoms with van der Waals surface area (Å²) >= 11 is -3.51. The predicted octanol–water partition coefficient (Wildman–Crippen LogP) is 9.33. The second-order valence-corrected chi connectivity index (χ2v) is 12.5. The molecule has 0 spiro atoms. The first kappa shape index (κ1) is 30.8. The van der Waals surface area contributed by atoms with Gasteiger partial charge in [-0.05, 0) is 90.8 Å². The number of hydrogen-bond donors (Lipinski definition) is 0. The van der Waals surface area contributed by atoms with Gasteiger partial charge in [0.25, 0.3) is 0 Å². The third-order valence-electron chi connectivity index (χ3n) is 7.08. The number of rotatable bonds is 11. The Morgan fingerprint density at radius 2 is 0.913 bits per heavy atom. The molecular weight excluding hydrogens is 617 g/mol. The van der Waals surface area contributed by atoms with Gasteiger partial charge in [-0.1, -0.05) is 78.4 Å². The third kappa shape index (κ3) is 7.37. The maximum absolute atomic E-state index is 13.6. The van der Waals surface area contributed by atoms with Crippen LogP contribution in [0.15, 0.2) is 155 Å². The molecule has 0 heterocycles. The summed E-state index contributed by atoms with van der Waals surface area (Å²) in [6.45, 7) is 1.99. The number of benzene rings is 6. The first-order valence-corrected chi connectivity index (χ1v) is 16.6. The molecule has 6 rings (SSSR count). The Kier molecular flexibility index (Phi) is 9.57. The summed E-state index contributed by atoms with van der Waals surface area (Å²) in [7, 11) is 1.58. The Labute approximate surface area is 273 Å². The van der Waals surface area contributed by atoms with Gasteiger partial charge in [-0.15, -0.1) is 0 Å². The van der Waals surface area contributed by atoms with E-state index in [0.29, 0.717) is 38.5 Å². The largest absolute Gasteiger partial charge is 0.497 e. The van der Waals surface area contributed by atoms with Gasteiger partial charge in [0, 0.05) is 11.1 Å². The van der Waals surface area contributed by atoms with Crippen LogP contribution >= 0.6 is 0 Å². The highest BCUT2D eigenvalue weighted by Crippen LogP contribution is 2.43. The fourth-order valence-corrected chi connectivity index (χ4v) is 6.26. The van der Waals surface area contributed by atoms with Crippen molar-refractivity contribution in [3.8, 4) is 51.0 Å². The zero-order valence-corrected chi connectivity index (χ0v) is 26.8. The smallest absolute Gasteiger partial charge is 0.240 e. The van der Waals surface area contributed by atoms with Crippen molar-refractivity contribution >= 4 is 22.2 Å². The Hall–Kier alpha value is -5.18. The molecule has 6 aromatic carbocycles. The van der Waals surface area contributed by atoms with E-state index < -0.39 is 22.2 Å². The van der Waals surface area contributed by atoms with Crippen molar-refractivity contribution in [2.24, 2.45) is 0 Å². The minimum atomic E-state index is -1.80. The van der Waals surface area contributed by atoms with Crippen LogP contribution in [-0.2, 0) is 22.2 Å². The SMILES string of the molecule is COc1ccc(S(=O)Oc2ccc(Oc3c(-c4ccccc4)cc(S(=O)Oc4ccc(C)cc4)cc3-c3ccccc3)cc2)cc1. The van der Waals surface area contributed by atoms with Crippen LogP contribution in [0.3, 0.4) is 0 Å². The Balaban J connectivity index is 1.35. The van der Waals surface area contributed by atoms with Crippen LogP contribution in [0, 0.1) is 6.92 Å². The summed E-state index contributed by atoms with van der Waals surface area (Å²) in [4.78, 5) is 1.01. The zero-order valence-electron chi connectivity index (χ0n) is 25.1. The van der Waals surface area contributed by atoms with Crippen LogP contribution in [-0.4, -0.2) is 15.5 Å². The van der Waals surface area contributed by atoms with E-state index in [9.17, 15) is 8.42 Å². The van der Waals surface area contributed by atoms with Gasteiger partial charge in [0.05, 0.1) is 16.9 Å². The van der Waals surface area contributed by atoms with E-state index >= 15 is 0 Å². The fraction of sp³-hybridized carbons (Fsp3) is 0.0526. The molecular formula is C38H30O6S2. The maximum Gasteiger partial charge on any atom is 0.240 e. The summed E-state index contributed by atoms with van der Waals surface area (Å²) in [5.74, 6) is 2.74. The zero-order chi connectivity index (χ0) is 31.9. The molecule has 0 N–H and O–H groups in total. The minimum Gasteiger partial charge on any atom is -0.497 e. The number of hydrogen-bond acceptors (Lipinski definition) is 6. The molecule has 2 atom stereocenters. The van der Waals surface area contributed by atoms with Gasteiger partial charge in [0.2, 0.25) is 22.2 Å². The molecule has 0 fully saturated rings. The van der Waals surface area contributed by atoms with Crippen molar-refractivity contribution < 1.29 is 26.3 Å². The predicted molar refractivity (Wildman–Crippen MR) is 182 cm³/mol. The van der Waals surface area contributed by atoms with Crippen LogP contribution in [0.2, 0.25) is 0 Å². The molecule has 46 heavy (non-hydrogen) atoms. The fourth-order valence-electron chi connectivity index (χ4n) is 4.71. The minimum absolute atomic E-state index is 0.423. The summed E-state index contributed by atoms with van der Waals surface area (Å²) in [6, 6.07) is 44.5. The summed E-state index contributed by atoms with van der Waals surface area (Å²) < 4.78 is 49.7. The third-order valence-corrected chi connectivity index (χ3v) is 9.05. The molecule has 0 radical (unpaired) electrons. The average Bonchev–Trinajstić information content (AvgIpc) is 3.11. The van der Waals surface area contributed by atoms with E-state index in [1.807, 2.05) is 91.9 Å². The van der Waals surface area contributed by atoms with Crippen molar-refractivity contribution in [3.05, 3.63) is 151 Å². The molecule has 0 saturated heterocycles. The number of aryl methyl sites for hydroxylation is 1. The van der Waals surface area contributed by atoms with Gasteiger partial charge < -0.3 is 17.8 Å². The number of ether oxygens (including phenoxy) is 2. The quantitative estimate of drug-likeness (QED) is 0.140. The van der Waals surface area contributed by atoms with Crippen LogP contribution in [0.4, 0.5) is 0 Å². The van der Waals surface area contributed by atoms with E-state index in [1.165, 1.54) is 0 Å². The van der Waals surface area contributed by atoms with Gasteiger partial charge in [0.15, 0.2) is 0 Å². The molecule has 6 aromatic rings. The number of methoxy groups -OCH3 is 1. The topological polar surface area (TPSA) is 71.1 Å². The molecule has 0 amide bonds. The van der Waals surface area contributed by atoms with Crippen molar-refractivity contribution in [2.75, 3.05) is 7.11 Å². The van der Waals surface area contributed by atoms with E-state index in [0.717, 1.165) is 27.8 Å². The van der Waals surface area contributed by atoms with Gasteiger partial charge in [-0.25, -0.2) is 8.42 Å². The Morgan fingerprint density at radius 3 is 1.41 bits per heavy atom. The van der Waals surface area contributed by atoms with Crippen molar-refractivity contribution in [1.29, 1.82) is 0 Å². The Morgan fingerprint density at radius 1 is 0.478 bits per heavy atom. The summed E-state index contributed by atoms with van der Waals surface area (Å²) in [6.07, 6.45) is 0. The van der Waals surface area contributed by atoms with Crippen LogP contribution < -0.4 is 17.8 Å². The molecule has 0 aliphatic rings. The lowest BCUT2D eigenvalue weighted by Crippen LogP contribution is -2.03. The van der Waals surface area contributed by atoms with Crippen LogP contribution in [0.5, 0.6) is 28.7 Å². The highest BCUT2D eigenvalue weighted by molar-refractivity contribution is 7.80. The molecule has 0 bridgehead atoms. The summed E-state index contributed by atoms with van der Waals surface area (Å²) in [5.41, 5.74) is 4.36. The van der Waals surface area contributed by atoms with Crippen LogP contribution in [0.25, 0.3) is 22.3 Å².